The van der Waals surface area contributed by atoms with Crippen LogP contribution in [0.2, 0.25) is 0 Å². The Balaban J connectivity index is 2.69. The SMILES string of the molecule is CCCCSc1ccc([N+](=O)[O-])c(N)n1. The van der Waals surface area contributed by atoms with Gasteiger partial charge in [0.2, 0.25) is 5.82 Å². The zero-order chi connectivity index (χ0) is 11.3. The van der Waals surface area contributed by atoms with Gasteiger partial charge in [0.05, 0.1) is 9.95 Å². The van der Waals surface area contributed by atoms with Crippen molar-refractivity contribution in [2.75, 3.05) is 11.5 Å². The number of nitro groups is 1. The molecule has 0 spiro atoms. The molecule has 0 aromatic carbocycles. The second kappa shape index (κ2) is 5.55. The first kappa shape index (κ1) is 11.8. The predicted molar refractivity (Wildman–Crippen MR) is 60.9 cm³/mol. The quantitative estimate of drug-likeness (QED) is 0.361. The smallest absolute Gasteiger partial charge is 0.311 e. The van der Waals surface area contributed by atoms with E-state index in [0.29, 0.717) is 0 Å². The Kier molecular flexibility index (Phi) is 4.36. The summed E-state index contributed by atoms with van der Waals surface area (Å²) in [5.74, 6) is 0.947. The number of anilines is 1. The lowest BCUT2D eigenvalue weighted by Gasteiger charge is -2.01. The van der Waals surface area contributed by atoms with Crippen molar-refractivity contribution in [2.24, 2.45) is 0 Å². The maximum absolute atomic E-state index is 10.5. The Morgan fingerprint density at radius 3 is 2.87 bits per heavy atom. The van der Waals surface area contributed by atoms with Crippen LogP contribution in [0.15, 0.2) is 17.2 Å². The number of aromatic nitrogens is 1. The number of hydrogen-bond donors (Lipinski definition) is 1. The van der Waals surface area contributed by atoms with Crippen LogP contribution in [0.5, 0.6) is 0 Å². The largest absolute Gasteiger partial charge is 0.378 e. The lowest BCUT2D eigenvalue weighted by Crippen LogP contribution is -1.99. The van der Waals surface area contributed by atoms with Gasteiger partial charge in [0.1, 0.15) is 0 Å². The average Bonchev–Trinajstić information content (AvgIpc) is 2.17. The molecule has 0 aliphatic carbocycles. The third-order valence-corrected chi connectivity index (χ3v) is 2.84. The molecule has 0 aliphatic rings. The van der Waals surface area contributed by atoms with E-state index in [0.717, 1.165) is 23.6 Å². The number of nitrogens with two attached hydrogens (primary N) is 1. The molecule has 0 amide bonds. The monoisotopic (exact) mass is 227 g/mol. The minimum atomic E-state index is -0.525. The van der Waals surface area contributed by atoms with Gasteiger partial charge in [-0.05, 0) is 18.2 Å². The van der Waals surface area contributed by atoms with Crippen LogP contribution in [0.25, 0.3) is 0 Å². The third kappa shape index (κ3) is 3.39. The highest BCUT2D eigenvalue weighted by Gasteiger charge is 2.12. The zero-order valence-electron chi connectivity index (χ0n) is 8.47. The van der Waals surface area contributed by atoms with Crippen LogP contribution < -0.4 is 5.73 Å². The molecule has 0 radical (unpaired) electrons. The molecule has 0 bridgehead atoms. The van der Waals surface area contributed by atoms with Gasteiger partial charge < -0.3 is 5.73 Å². The summed E-state index contributed by atoms with van der Waals surface area (Å²) >= 11 is 1.57. The molecule has 5 nitrogen and oxygen atoms in total. The fourth-order valence-electron chi connectivity index (χ4n) is 1.00. The molecular weight excluding hydrogens is 214 g/mol. The van der Waals surface area contributed by atoms with E-state index in [9.17, 15) is 10.1 Å². The van der Waals surface area contributed by atoms with E-state index in [4.69, 9.17) is 5.73 Å². The molecule has 1 rings (SSSR count). The van der Waals surface area contributed by atoms with Crippen LogP contribution in [0.4, 0.5) is 11.5 Å². The molecule has 0 saturated heterocycles. The highest BCUT2D eigenvalue weighted by Crippen LogP contribution is 2.24. The number of rotatable bonds is 5. The first-order valence-electron chi connectivity index (χ1n) is 4.69. The normalized spacial score (nSPS) is 10.2. The Morgan fingerprint density at radius 1 is 1.60 bits per heavy atom. The molecule has 0 saturated carbocycles. The second-order valence-electron chi connectivity index (χ2n) is 3.01. The lowest BCUT2D eigenvalue weighted by molar-refractivity contribution is -0.384. The number of hydrogen-bond acceptors (Lipinski definition) is 5. The standard InChI is InChI=1S/C9H13N3O2S/c1-2-3-6-15-8-5-4-7(12(13)14)9(10)11-8/h4-5H,2-3,6H2,1H3,(H2,10,11). The fourth-order valence-corrected chi connectivity index (χ4v) is 1.97. The van der Waals surface area contributed by atoms with Crippen molar-refractivity contribution in [3.05, 3.63) is 22.2 Å². The molecule has 1 aromatic heterocycles. The van der Waals surface area contributed by atoms with Crippen molar-refractivity contribution in [1.82, 2.24) is 4.98 Å². The summed E-state index contributed by atoms with van der Waals surface area (Å²) in [5, 5.41) is 11.2. The Labute approximate surface area is 92.2 Å². The molecule has 0 atom stereocenters. The molecule has 0 fully saturated rings. The zero-order valence-corrected chi connectivity index (χ0v) is 9.29. The lowest BCUT2D eigenvalue weighted by atomic mass is 10.4. The van der Waals surface area contributed by atoms with Crippen LogP contribution in [0.3, 0.4) is 0 Å². The first-order valence-corrected chi connectivity index (χ1v) is 5.67. The van der Waals surface area contributed by atoms with Crippen LogP contribution in [-0.2, 0) is 0 Å². The maximum atomic E-state index is 10.5. The van der Waals surface area contributed by atoms with E-state index in [1.54, 1.807) is 17.8 Å². The van der Waals surface area contributed by atoms with Crippen molar-refractivity contribution in [3.63, 3.8) is 0 Å². The predicted octanol–water partition coefficient (Wildman–Crippen LogP) is 2.46. The van der Waals surface area contributed by atoms with Crippen LogP contribution >= 0.6 is 11.8 Å². The van der Waals surface area contributed by atoms with Gasteiger partial charge in [0.25, 0.3) is 0 Å². The minimum Gasteiger partial charge on any atom is -0.378 e. The summed E-state index contributed by atoms with van der Waals surface area (Å²) in [6.45, 7) is 2.11. The van der Waals surface area contributed by atoms with E-state index in [-0.39, 0.29) is 11.5 Å². The number of unbranched alkanes of at least 4 members (excludes halogenated alkanes) is 1. The molecular formula is C9H13N3O2S. The van der Waals surface area contributed by atoms with Crippen molar-refractivity contribution < 1.29 is 4.92 Å². The summed E-state index contributed by atoms with van der Waals surface area (Å²) in [5.41, 5.74) is 5.33. The summed E-state index contributed by atoms with van der Waals surface area (Å²) < 4.78 is 0. The highest BCUT2D eigenvalue weighted by atomic mass is 32.2. The first-order chi connectivity index (χ1) is 7.15. The minimum absolute atomic E-state index is 0.0125. The van der Waals surface area contributed by atoms with Crippen LogP contribution in [0.1, 0.15) is 19.8 Å². The second-order valence-corrected chi connectivity index (χ2v) is 4.13. The number of nitrogens with zero attached hydrogens (tertiary/aromatic N) is 2. The van der Waals surface area contributed by atoms with Gasteiger partial charge in [-0.3, -0.25) is 10.1 Å². The molecule has 2 N–H and O–H groups in total. The molecule has 0 unspecified atom stereocenters. The van der Waals surface area contributed by atoms with E-state index in [1.165, 1.54) is 6.07 Å². The van der Waals surface area contributed by atoms with E-state index >= 15 is 0 Å². The summed E-state index contributed by atoms with van der Waals surface area (Å²) in [7, 11) is 0. The van der Waals surface area contributed by atoms with Gasteiger partial charge in [0, 0.05) is 6.07 Å². The summed E-state index contributed by atoms with van der Waals surface area (Å²) in [6, 6.07) is 3.03. The van der Waals surface area contributed by atoms with Gasteiger partial charge in [-0.25, -0.2) is 4.98 Å². The van der Waals surface area contributed by atoms with Crippen molar-refractivity contribution in [3.8, 4) is 0 Å². The van der Waals surface area contributed by atoms with Gasteiger partial charge in [-0.15, -0.1) is 11.8 Å². The van der Waals surface area contributed by atoms with Crippen LogP contribution in [0, 0.1) is 10.1 Å². The fraction of sp³-hybridized carbons (Fsp3) is 0.444. The van der Waals surface area contributed by atoms with Crippen molar-refractivity contribution >= 4 is 23.3 Å². The Hall–Kier alpha value is -1.30. The topological polar surface area (TPSA) is 82.0 Å². The van der Waals surface area contributed by atoms with Crippen molar-refractivity contribution in [1.29, 1.82) is 0 Å². The highest BCUT2D eigenvalue weighted by molar-refractivity contribution is 7.99. The summed E-state index contributed by atoms with van der Waals surface area (Å²) in [4.78, 5) is 13.9. The van der Waals surface area contributed by atoms with Gasteiger partial charge >= 0.3 is 5.69 Å². The Morgan fingerprint density at radius 2 is 2.33 bits per heavy atom. The molecule has 1 heterocycles. The van der Waals surface area contributed by atoms with Gasteiger partial charge in [-0.1, -0.05) is 13.3 Å². The van der Waals surface area contributed by atoms with Gasteiger partial charge in [-0.2, -0.15) is 0 Å². The van der Waals surface area contributed by atoms with Crippen LogP contribution in [-0.4, -0.2) is 15.7 Å². The van der Waals surface area contributed by atoms with E-state index in [2.05, 4.69) is 11.9 Å². The Bertz CT molecular complexity index is 357. The average molecular weight is 227 g/mol. The van der Waals surface area contributed by atoms with E-state index < -0.39 is 4.92 Å². The number of thioether (sulfide) groups is 1. The van der Waals surface area contributed by atoms with Crippen molar-refractivity contribution in [2.45, 2.75) is 24.8 Å². The molecule has 82 valence electrons. The maximum Gasteiger partial charge on any atom is 0.311 e. The molecule has 0 aliphatic heterocycles. The number of pyridine rings is 1. The third-order valence-electron chi connectivity index (χ3n) is 1.82. The number of nitrogen functional groups attached to an aromatic ring is 1. The molecule has 6 heteroatoms. The summed E-state index contributed by atoms with van der Waals surface area (Å²) in [6.07, 6.45) is 2.22. The molecule has 1 aromatic rings. The van der Waals surface area contributed by atoms with E-state index in [1.807, 2.05) is 0 Å². The molecule has 15 heavy (non-hydrogen) atoms. The van der Waals surface area contributed by atoms with Gasteiger partial charge in [0.15, 0.2) is 0 Å².